The van der Waals surface area contributed by atoms with Gasteiger partial charge in [0, 0.05) is 12.2 Å². The van der Waals surface area contributed by atoms with E-state index in [9.17, 15) is 4.79 Å². The van der Waals surface area contributed by atoms with Crippen LogP contribution in [0.5, 0.6) is 5.75 Å². The molecule has 0 bridgehead atoms. The van der Waals surface area contributed by atoms with Crippen molar-refractivity contribution in [3.8, 4) is 5.75 Å². The molecule has 0 unspecified atom stereocenters. The van der Waals surface area contributed by atoms with Crippen LogP contribution in [0.4, 0.5) is 0 Å². The fourth-order valence-corrected chi connectivity index (χ4v) is 2.35. The maximum absolute atomic E-state index is 12.2. The maximum Gasteiger partial charge on any atom is 0.251 e. The van der Waals surface area contributed by atoms with E-state index in [0.717, 1.165) is 25.2 Å². The fourth-order valence-electron chi connectivity index (χ4n) is 2.35. The lowest BCUT2D eigenvalue weighted by molar-refractivity contribution is 0.0712. The van der Waals surface area contributed by atoms with E-state index in [1.165, 1.54) is 0 Å². The van der Waals surface area contributed by atoms with Crippen molar-refractivity contribution in [3.63, 3.8) is 0 Å². The Bertz CT molecular complexity index is 450. The molecule has 4 heteroatoms. The molecule has 1 heterocycles. The van der Waals surface area contributed by atoms with Crippen LogP contribution >= 0.6 is 0 Å². The van der Waals surface area contributed by atoms with Crippen molar-refractivity contribution in [2.45, 2.75) is 45.8 Å². The highest BCUT2D eigenvalue weighted by molar-refractivity contribution is 5.94. The first-order chi connectivity index (χ1) is 10.1. The quantitative estimate of drug-likeness (QED) is 0.876. The van der Waals surface area contributed by atoms with Gasteiger partial charge in [0.25, 0.3) is 5.91 Å². The van der Waals surface area contributed by atoms with Gasteiger partial charge in [-0.05, 0) is 49.9 Å². The van der Waals surface area contributed by atoms with Gasteiger partial charge in [-0.1, -0.05) is 13.8 Å². The molecule has 1 saturated heterocycles. The number of ether oxygens (including phenoxy) is 2. The number of nitrogens with one attached hydrogen (secondary N) is 1. The van der Waals surface area contributed by atoms with E-state index in [1.54, 1.807) is 12.1 Å². The number of hydrogen-bond acceptors (Lipinski definition) is 3. The van der Waals surface area contributed by atoms with Crippen LogP contribution in [0.1, 0.15) is 44.0 Å². The summed E-state index contributed by atoms with van der Waals surface area (Å²) in [6.07, 6.45) is 2.23. The maximum atomic E-state index is 12.2. The third-order valence-electron chi connectivity index (χ3n) is 3.58. The highest BCUT2D eigenvalue weighted by Gasteiger charge is 2.23. The third kappa shape index (κ3) is 4.74. The summed E-state index contributed by atoms with van der Waals surface area (Å²) < 4.78 is 11.2. The summed E-state index contributed by atoms with van der Waals surface area (Å²) in [5, 5.41) is 3.00. The molecule has 1 aromatic rings. The lowest BCUT2D eigenvalue weighted by atomic mass is 10.1. The number of carbonyl (C=O) groups excluding carboxylic acids is 1. The first kappa shape index (κ1) is 15.8. The molecule has 116 valence electrons. The normalized spacial score (nSPS) is 19.5. The Balaban J connectivity index is 1.87. The fraction of sp³-hybridized carbons (Fsp3) is 0.588. The van der Waals surface area contributed by atoms with E-state index in [1.807, 2.05) is 19.1 Å². The zero-order valence-corrected chi connectivity index (χ0v) is 13.1. The summed E-state index contributed by atoms with van der Waals surface area (Å²) >= 11 is 0. The van der Waals surface area contributed by atoms with Gasteiger partial charge in [-0.3, -0.25) is 4.79 Å². The molecule has 1 aliphatic heterocycles. The molecule has 1 aliphatic rings. The van der Waals surface area contributed by atoms with Gasteiger partial charge in [0.2, 0.25) is 0 Å². The van der Waals surface area contributed by atoms with Crippen molar-refractivity contribution in [3.05, 3.63) is 29.8 Å². The second kappa shape index (κ2) is 7.46. The van der Waals surface area contributed by atoms with E-state index in [-0.39, 0.29) is 18.1 Å². The first-order valence-corrected chi connectivity index (χ1v) is 7.71. The largest absolute Gasteiger partial charge is 0.493 e. The Hall–Kier alpha value is -1.55. The molecule has 21 heavy (non-hydrogen) atoms. The Kier molecular flexibility index (Phi) is 5.62. The van der Waals surface area contributed by atoms with Gasteiger partial charge in [0.05, 0.1) is 18.8 Å². The Morgan fingerprint density at radius 2 is 2.05 bits per heavy atom. The van der Waals surface area contributed by atoms with Gasteiger partial charge in [-0.2, -0.15) is 0 Å². The Morgan fingerprint density at radius 3 is 2.62 bits per heavy atom. The molecule has 2 rings (SSSR count). The van der Waals surface area contributed by atoms with Gasteiger partial charge in [-0.25, -0.2) is 0 Å². The van der Waals surface area contributed by atoms with Crippen LogP contribution in [-0.2, 0) is 4.74 Å². The lowest BCUT2D eigenvalue weighted by Crippen LogP contribution is -2.40. The second-order valence-electron chi connectivity index (χ2n) is 6.04. The van der Waals surface area contributed by atoms with Crippen molar-refractivity contribution in [1.82, 2.24) is 5.32 Å². The van der Waals surface area contributed by atoms with Gasteiger partial charge in [0.1, 0.15) is 5.75 Å². The van der Waals surface area contributed by atoms with Crippen LogP contribution in [0.2, 0.25) is 0 Å². The molecule has 2 atom stereocenters. The summed E-state index contributed by atoms with van der Waals surface area (Å²) in [5.74, 6) is 1.22. The van der Waals surface area contributed by atoms with E-state index >= 15 is 0 Å². The van der Waals surface area contributed by atoms with E-state index < -0.39 is 0 Å². The zero-order chi connectivity index (χ0) is 15.2. The molecule has 4 nitrogen and oxygen atoms in total. The predicted octanol–water partition coefficient (Wildman–Crippen LogP) is 3.02. The number of benzene rings is 1. The van der Waals surface area contributed by atoms with Crippen LogP contribution in [0.25, 0.3) is 0 Å². The number of hydrogen-bond donors (Lipinski definition) is 1. The smallest absolute Gasteiger partial charge is 0.251 e. The van der Waals surface area contributed by atoms with Crippen LogP contribution in [0.3, 0.4) is 0 Å². The summed E-state index contributed by atoms with van der Waals surface area (Å²) in [6, 6.07) is 7.32. The van der Waals surface area contributed by atoms with Crippen molar-refractivity contribution in [2.24, 2.45) is 5.92 Å². The molecule has 0 spiro atoms. The molecule has 1 fully saturated rings. The van der Waals surface area contributed by atoms with Gasteiger partial charge in [0.15, 0.2) is 0 Å². The van der Waals surface area contributed by atoms with E-state index in [2.05, 4.69) is 19.2 Å². The first-order valence-electron chi connectivity index (χ1n) is 7.71. The number of carbonyl (C=O) groups is 1. The SMILES string of the molecule is CC(C)COc1ccc(C(=O)N[C@@H](C)[C@H]2CCCO2)cc1. The van der Waals surface area contributed by atoms with Gasteiger partial charge < -0.3 is 14.8 Å². The average molecular weight is 291 g/mol. The van der Waals surface area contributed by atoms with E-state index in [4.69, 9.17) is 9.47 Å². The van der Waals surface area contributed by atoms with Crippen LogP contribution in [0, 0.1) is 5.92 Å². The molecule has 0 aromatic heterocycles. The summed E-state index contributed by atoms with van der Waals surface area (Å²) in [5.41, 5.74) is 0.650. The summed E-state index contributed by atoms with van der Waals surface area (Å²) in [6.45, 7) is 7.69. The summed E-state index contributed by atoms with van der Waals surface area (Å²) in [4.78, 5) is 12.2. The van der Waals surface area contributed by atoms with Crippen LogP contribution < -0.4 is 10.1 Å². The van der Waals surface area contributed by atoms with Gasteiger partial charge >= 0.3 is 0 Å². The second-order valence-corrected chi connectivity index (χ2v) is 6.04. The minimum Gasteiger partial charge on any atom is -0.493 e. The topological polar surface area (TPSA) is 47.6 Å². The third-order valence-corrected chi connectivity index (χ3v) is 3.58. The zero-order valence-electron chi connectivity index (χ0n) is 13.1. The molecular formula is C17H25NO3. The lowest BCUT2D eigenvalue weighted by Gasteiger charge is -2.20. The minimum absolute atomic E-state index is 0.0388. The Morgan fingerprint density at radius 1 is 1.33 bits per heavy atom. The summed E-state index contributed by atoms with van der Waals surface area (Å²) in [7, 11) is 0. The van der Waals surface area contributed by atoms with Crippen molar-refractivity contribution in [2.75, 3.05) is 13.2 Å². The average Bonchev–Trinajstić information content (AvgIpc) is 3.00. The molecule has 0 saturated carbocycles. The van der Waals surface area contributed by atoms with E-state index in [0.29, 0.717) is 18.1 Å². The highest BCUT2D eigenvalue weighted by atomic mass is 16.5. The van der Waals surface area contributed by atoms with Crippen molar-refractivity contribution >= 4 is 5.91 Å². The van der Waals surface area contributed by atoms with Crippen molar-refractivity contribution in [1.29, 1.82) is 0 Å². The predicted molar refractivity (Wildman–Crippen MR) is 82.7 cm³/mol. The monoisotopic (exact) mass is 291 g/mol. The molecule has 1 amide bonds. The van der Waals surface area contributed by atoms with Gasteiger partial charge in [-0.15, -0.1) is 0 Å². The standard InChI is InChI=1S/C17H25NO3/c1-12(2)11-21-15-8-6-14(7-9-15)17(19)18-13(3)16-5-4-10-20-16/h6-9,12-13,16H,4-5,10-11H2,1-3H3,(H,18,19)/t13-,16+/m0/s1. The highest BCUT2D eigenvalue weighted by Crippen LogP contribution is 2.17. The molecule has 1 aromatic carbocycles. The van der Waals surface area contributed by atoms with Crippen molar-refractivity contribution < 1.29 is 14.3 Å². The minimum atomic E-state index is -0.0617. The number of rotatable bonds is 6. The van der Waals surface area contributed by atoms with Crippen LogP contribution in [-0.4, -0.2) is 31.3 Å². The number of amides is 1. The molecule has 1 N–H and O–H groups in total. The molecule has 0 aliphatic carbocycles. The molecule has 0 radical (unpaired) electrons. The molecular weight excluding hydrogens is 266 g/mol. The Labute approximate surface area is 126 Å². The van der Waals surface area contributed by atoms with Crippen LogP contribution in [0.15, 0.2) is 24.3 Å².